The Kier molecular flexibility index (Phi) is 3.58. The normalized spacial score (nSPS) is 12.0. The van der Waals surface area contributed by atoms with E-state index in [0.29, 0.717) is 0 Å². The second-order valence-electron chi connectivity index (χ2n) is 1.73. The Labute approximate surface area is 50.9 Å². The van der Waals surface area contributed by atoms with Crippen molar-refractivity contribution in [2.24, 2.45) is 0 Å². The number of hydrogen-bond acceptors (Lipinski definition) is 0. The third-order valence-electron chi connectivity index (χ3n) is 0.921. The third-order valence-corrected chi connectivity index (χ3v) is 0.921. The van der Waals surface area contributed by atoms with Crippen LogP contribution >= 0.6 is 0 Å². The van der Waals surface area contributed by atoms with Crippen molar-refractivity contribution < 1.29 is 17.6 Å². The molecule has 56 valence electrons. The molecule has 0 aromatic rings. The molecule has 0 aliphatic heterocycles. The molecule has 0 heterocycles. The number of alkyl halides is 4. The maximum Gasteiger partial charge on any atom is 0.253 e. The van der Waals surface area contributed by atoms with Gasteiger partial charge >= 0.3 is 0 Å². The van der Waals surface area contributed by atoms with E-state index in [9.17, 15) is 17.6 Å². The molecule has 0 aliphatic carbocycles. The third kappa shape index (κ3) is 4.24. The molecule has 0 aromatic carbocycles. The Bertz CT molecular complexity index is 63.4. The smallest absolute Gasteiger partial charge is 0.251 e. The molecule has 4 heteroatoms. The summed E-state index contributed by atoms with van der Waals surface area (Å²) in [7, 11) is 0. The van der Waals surface area contributed by atoms with Gasteiger partial charge in [-0.25, -0.2) is 8.78 Å². The predicted molar refractivity (Wildman–Crippen MR) is 26.1 cm³/mol. The molecule has 0 saturated carbocycles. The molecule has 0 unspecified atom stereocenters. The van der Waals surface area contributed by atoms with Gasteiger partial charge in [0.05, 0.1) is 13.3 Å². The maximum atomic E-state index is 11.9. The molecule has 0 saturated heterocycles. The summed E-state index contributed by atoms with van der Waals surface area (Å²) in [6, 6.07) is 0. The van der Waals surface area contributed by atoms with E-state index in [1.165, 1.54) is 0 Å². The molecule has 0 nitrogen and oxygen atoms in total. The van der Waals surface area contributed by atoms with Gasteiger partial charge in [-0.05, 0) is 0 Å². The summed E-state index contributed by atoms with van der Waals surface area (Å²) in [5.74, 6) is -3.15. The molecule has 0 spiro atoms. The van der Waals surface area contributed by atoms with Crippen LogP contribution in [0.3, 0.4) is 0 Å². The number of halogens is 4. The fourth-order valence-electron chi connectivity index (χ4n) is 0.401. The first kappa shape index (κ1) is 8.72. The Hall–Kier alpha value is -0.280. The molecule has 0 rings (SSSR count). The summed E-state index contributed by atoms with van der Waals surface area (Å²) < 4.78 is 46.3. The van der Waals surface area contributed by atoms with Gasteiger partial charge in [0, 0.05) is 12.8 Å². The van der Waals surface area contributed by atoms with E-state index in [-0.39, 0.29) is 0 Å². The first-order chi connectivity index (χ1) is 4.12. The van der Waals surface area contributed by atoms with Gasteiger partial charge in [-0.2, -0.15) is 0 Å². The van der Waals surface area contributed by atoms with E-state index >= 15 is 0 Å². The average molecular weight is 144 g/mol. The zero-order valence-electron chi connectivity index (χ0n) is 4.84. The Morgan fingerprint density at radius 3 is 1.44 bits per heavy atom. The lowest BCUT2D eigenvalue weighted by Gasteiger charge is -2.10. The molecule has 0 aromatic heterocycles. The maximum absolute atomic E-state index is 11.9. The summed E-state index contributed by atoms with van der Waals surface area (Å²) in [6.07, 6.45) is -1.73. The van der Waals surface area contributed by atoms with Gasteiger partial charge in [-0.15, -0.1) is 0 Å². The van der Waals surface area contributed by atoms with Crippen molar-refractivity contribution in [1.29, 1.82) is 0 Å². The number of hydrogen-bond donors (Lipinski definition) is 0. The van der Waals surface area contributed by atoms with E-state index in [1.54, 1.807) is 0 Å². The molecular weight excluding hydrogens is 136 g/mol. The molecule has 0 radical (unpaired) electrons. The van der Waals surface area contributed by atoms with Gasteiger partial charge in [0.2, 0.25) is 0 Å². The fraction of sp³-hybridized carbons (Fsp3) is 1.00. The van der Waals surface area contributed by atoms with Crippen LogP contribution in [0.15, 0.2) is 0 Å². The minimum Gasteiger partial charge on any atom is -0.251 e. The van der Waals surface area contributed by atoms with Gasteiger partial charge < -0.3 is 0 Å². The monoisotopic (exact) mass is 144 g/mol. The minimum atomic E-state index is -3.15. The average Bonchev–Trinajstić information content (AvgIpc) is 1.64. The van der Waals surface area contributed by atoms with Gasteiger partial charge in [0.15, 0.2) is 0 Å². The highest BCUT2D eigenvalue weighted by Gasteiger charge is 2.27. The largest absolute Gasteiger partial charge is 0.253 e. The van der Waals surface area contributed by atoms with Crippen molar-refractivity contribution in [3.8, 4) is 0 Å². The molecule has 0 fully saturated rings. The highest BCUT2D eigenvalue weighted by atomic mass is 19.3. The first-order valence-corrected chi connectivity index (χ1v) is 2.62. The molecular formula is C5H8F4. The Morgan fingerprint density at radius 2 is 1.22 bits per heavy atom. The van der Waals surface area contributed by atoms with Crippen molar-refractivity contribution in [1.82, 2.24) is 0 Å². The van der Waals surface area contributed by atoms with E-state index in [1.807, 2.05) is 0 Å². The second-order valence-corrected chi connectivity index (χ2v) is 1.73. The van der Waals surface area contributed by atoms with Crippen LogP contribution in [0.1, 0.15) is 12.8 Å². The zero-order valence-corrected chi connectivity index (χ0v) is 4.84. The summed E-state index contributed by atoms with van der Waals surface area (Å²) in [5, 5.41) is 0. The lowest BCUT2D eigenvalue weighted by Crippen LogP contribution is -2.17. The molecule has 0 aliphatic rings. The van der Waals surface area contributed by atoms with Crippen molar-refractivity contribution in [3.63, 3.8) is 0 Å². The quantitative estimate of drug-likeness (QED) is 0.531. The lowest BCUT2D eigenvalue weighted by molar-refractivity contribution is -0.0260. The van der Waals surface area contributed by atoms with Crippen LogP contribution in [0.4, 0.5) is 17.6 Å². The van der Waals surface area contributed by atoms with Crippen molar-refractivity contribution in [3.05, 3.63) is 0 Å². The molecule has 0 N–H and O–H groups in total. The predicted octanol–water partition coefficient (Wildman–Crippen LogP) is 2.34. The molecule has 0 amide bonds. The highest BCUT2D eigenvalue weighted by Crippen LogP contribution is 2.22. The second kappa shape index (κ2) is 3.69. The molecule has 0 atom stereocenters. The minimum absolute atomic E-state index is 0.864. The van der Waals surface area contributed by atoms with Crippen LogP contribution in [-0.4, -0.2) is 19.3 Å². The first-order valence-electron chi connectivity index (χ1n) is 2.62. The van der Waals surface area contributed by atoms with Crippen molar-refractivity contribution >= 4 is 0 Å². The highest BCUT2D eigenvalue weighted by molar-refractivity contribution is 4.63. The van der Waals surface area contributed by atoms with Crippen LogP contribution in [-0.2, 0) is 0 Å². The summed E-state index contributed by atoms with van der Waals surface area (Å²) >= 11 is 0. The van der Waals surface area contributed by atoms with Crippen molar-refractivity contribution in [2.45, 2.75) is 18.8 Å². The molecule has 9 heavy (non-hydrogen) atoms. The van der Waals surface area contributed by atoms with Gasteiger partial charge in [0.1, 0.15) is 0 Å². The van der Waals surface area contributed by atoms with Crippen LogP contribution in [0.5, 0.6) is 0 Å². The fourth-order valence-corrected chi connectivity index (χ4v) is 0.401. The van der Waals surface area contributed by atoms with Crippen LogP contribution < -0.4 is 0 Å². The summed E-state index contributed by atoms with van der Waals surface area (Å²) in [6.45, 7) is -2.18. The van der Waals surface area contributed by atoms with E-state index in [2.05, 4.69) is 0 Å². The topological polar surface area (TPSA) is 0 Å². The SMILES string of the molecule is FCCC(F)(F)CCF. The summed E-state index contributed by atoms with van der Waals surface area (Å²) in [4.78, 5) is 0. The zero-order chi connectivity index (χ0) is 7.33. The van der Waals surface area contributed by atoms with E-state index in [4.69, 9.17) is 0 Å². The number of rotatable bonds is 4. The summed E-state index contributed by atoms with van der Waals surface area (Å²) in [5.41, 5.74) is 0. The van der Waals surface area contributed by atoms with Crippen LogP contribution in [0, 0.1) is 0 Å². The molecule has 0 bridgehead atoms. The van der Waals surface area contributed by atoms with Gasteiger partial charge in [-0.1, -0.05) is 0 Å². The van der Waals surface area contributed by atoms with E-state index < -0.39 is 32.1 Å². The van der Waals surface area contributed by atoms with Crippen LogP contribution in [0.25, 0.3) is 0 Å². The Balaban J connectivity index is 3.43. The van der Waals surface area contributed by atoms with Gasteiger partial charge in [0.25, 0.3) is 5.92 Å². The van der Waals surface area contributed by atoms with Crippen LogP contribution in [0.2, 0.25) is 0 Å². The Morgan fingerprint density at radius 1 is 0.889 bits per heavy atom. The standard InChI is InChI=1S/C5H8F4/c6-3-1-5(8,9)2-4-7/h1-4H2. The van der Waals surface area contributed by atoms with E-state index in [0.717, 1.165) is 0 Å². The lowest BCUT2D eigenvalue weighted by atomic mass is 10.2. The van der Waals surface area contributed by atoms with Gasteiger partial charge in [-0.3, -0.25) is 8.78 Å². The van der Waals surface area contributed by atoms with Crippen molar-refractivity contribution in [2.75, 3.05) is 13.3 Å².